The van der Waals surface area contributed by atoms with Crippen LogP contribution in [0.4, 0.5) is 0 Å². The van der Waals surface area contributed by atoms with E-state index < -0.39 is 15.3 Å². The molecule has 0 rings (SSSR count). The Hall–Kier alpha value is -0.130. The zero-order valence-corrected chi connectivity index (χ0v) is 9.84. The minimum atomic E-state index is -3.03. The predicted molar refractivity (Wildman–Crippen MR) is 55.8 cm³/mol. The van der Waals surface area contributed by atoms with E-state index in [9.17, 15) is 18.6 Å². The maximum atomic E-state index is 11.0. The molecule has 0 saturated heterocycles. The first kappa shape index (κ1) is 13.9. The second-order valence-electron chi connectivity index (χ2n) is 4.21. The Morgan fingerprint density at radius 1 is 1.21 bits per heavy atom. The third-order valence-electron chi connectivity index (χ3n) is 2.83. The van der Waals surface area contributed by atoms with E-state index in [4.69, 9.17) is 0 Å². The summed E-state index contributed by atoms with van der Waals surface area (Å²) < 4.78 is 21.9. The zero-order valence-electron chi connectivity index (χ0n) is 9.02. The van der Waals surface area contributed by atoms with Crippen LogP contribution in [0.1, 0.15) is 20.3 Å². The molecule has 86 valence electrons. The van der Waals surface area contributed by atoms with Crippen LogP contribution in [0.3, 0.4) is 0 Å². The highest BCUT2D eigenvalue weighted by Gasteiger charge is 2.33. The smallest absolute Gasteiger partial charge is 0.147 e. The van der Waals surface area contributed by atoms with Gasteiger partial charge in [0.1, 0.15) is 9.84 Å². The molecule has 0 bridgehead atoms. The summed E-state index contributed by atoms with van der Waals surface area (Å²) in [6, 6.07) is 0. The monoisotopic (exact) mass is 224 g/mol. The molecule has 0 aromatic carbocycles. The van der Waals surface area contributed by atoms with Gasteiger partial charge in [0.2, 0.25) is 0 Å². The van der Waals surface area contributed by atoms with Crippen LogP contribution in [0, 0.1) is 11.3 Å². The van der Waals surface area contributed by atoms with Gasteiger partial charge in [-0.15, -0.1) is 0 Å². The standard InChI is InChI=1S/C9H20O4S/c1-8(2)9(6-10,7-11)4-5-14(3,12)13/h8,10-11H,4-7H2,1-3H3. The van der Waals surface area contributed by atoms with Crippen LogP contribution in [0.5, 0.6) is 0 Å². The average Bonchev–Trinajstić information content (AvgIpc) is 2.04. The fraction of sp³-hybridized carbons (Fsp3) is 1.00. The van der Waals surface area contributed by atoms with Gasteiger partial charge in [-0.3, -0.25) is 0 Å². The van der Waals surface area contributed by atoms with Crippen molar-refractivity contribution >= 4 is 9.84 Å². The number of rotatable bonds is 6. The molecule has 0 spiro atoms. The lowest BCUT2D eigenvalue weighted by Crippen LogP contribution is -2.37. The summed E-state index contributed by atoms with van der Waals surface area (Å²) in [6.07, 6.45) is 1.46. The Morgan fingerprint density at radius 2 is 1.64 bits per heavy atom. The lowest BCUT2D eigenvalue weighted by atomic mass is 9.76. The van der Waals surface area contributed by atoms with Gasteiger partial charge >= 0.3 is 0 Å². The summed E-state index contributed by atoms with van der Waals surface area (Å²) in [5.74, 6) is 0.0611. The van der Waals surface area contributed by atoms with Gasteiger partial charge in [-0.25, -0.2) is 8.42 Å². The molecule has 0 unspecified atom stereocenters. The van der Waals surface area contributed by atoms with Crippen molar-refractivity contribution in [3.63, 3.8) is 0 Å². The number of aliphatic hydroxyl groups is 2. The second-order valence-corrected chi connectivity index (χ2v) is 6.47. The van der Waals surface area contributed by atoms with Crippen molar-refractivity contribution < 1.29 is 18.6 Å². The van der Waals surface area contributed by atoms with Crippen molar-refractivity contribution in [3.8, 4) is 0 Å². The molecule has 0 atom stereocenters. The molecule has 0 aliphatic rings. The third kappa shape index (κ3) is 3.94. The van der Waals surface area contributed by atoms with Gasteiger partial charge in [-0.1, -0.05) is 13.8 Å². The number of sulfone groups is 1. The minimum absolute atomic E-state index is 0.00625. The van der Waals surface area contributed by atoms with Crippen LogP contribution in [0.2, 0.25) is 0 Å². The maximum Gasteiger partial charge on any atom is 0.147 e. The fourth-order valence-corrected chi connectivity index (χ4v) is 2.03. The van der Waals surface area contributed by atoms with Gasteiger partial charge in [0.15, 0.2) is 0 Å². The first-order chi connectivity index (χ1) is 6.27. The molecule has 5 heteroatoms. The molecular formula is C9H20O4S. The molecule has 0 amide bonds. The van der Waals surface area contributed by atoms with Crippen LogP contribution in [0.25, 0.3) is 0 Å². The summed E-state index contributed by atoms with van der Waals surface area (Å²) in [6.45, 7) is 3.37. The summed E-state index contributed by atoms with van der Waals surface area (Å²) in [5, 5.41) is 18.4. The van der Waals surface area contributed by atoms with Crippen molar-refractivity contribution in [1.29, 1.82) is 0 Å². The third-order valence-corrected chi connectivity index (χ3v) is 3.77. The molecule has 0 aromatic rings. The fourth-order valence-electron chi connectivity index (χ4n) is 1.25. The van der Waals surface area contributed by atoms with E-state index in [-0.39, 0.29) is 24.9 Å². The van der Waals surface area contributed by atoms with Gasteiger partial charge in [0, 0.05) is 11.7 Å². The van der Waals surface area contributed by atoms with Crippen molar-refractivity contribution in [2.24, 2.45) is 11.3 Å². The second kappa shape index (κ2) is 5.09. The number of hydrogen-bond acceptors (Lipinski definition) is 4. The van der Waals surface area contributed by atoms with E-state index >= 15 is 0 Å². The Labute approximate surface area is 85.9 Å². The summed E-state index contributed by atoms with van der Waals surface area (Å²) in [5.41, 5.74) is -0.678. The van der Waals surface area contributed by atoms with E-state index in [1.807, 2.05) is 13.8 Å². The van der Waals surface area contributed by atoms with Crippen LogP contribution in [-0.4, -0.2) is 43.9 Å². The van der Waals surface area contributed by atoms with Gasteiger partial charge in [-0.05, 0) is 12.3 Å². The van der Waals surface area contributed by atoms with Crippen molar-refractivity contribution in [1.82, 2.24) is 0 Å². The van der Waals surface area contributed by atoms with Crippen molar-refractivity contribution in [3.05, 3.63) is 0 Å². The van der Waals surface area contributed by atoms with Crippen LogP contribution in [-0.2, 0) is 9.84 Å². The molecule has 0 aliphatic carbocycles. The van der Waals surface area contributed by atoms with E-state index in [1.54, 1.807) is 0 Å². The Kier molecular flexibility index (Phi) is 5.05. The van der Waals surface area contributed by atoms with E-state index in [2.05, 4.69) is 0 Å². The predicted octanol–water partition coefficient (Wildman–Crippen LogP) is 0.0481. The van der Waals surface area contributed by atoms with E-state index in [0.29, 0.717) is 6.42 Å². The Balaban J connectivity index is 4.53. The molecule has 0 aliphatic heterocycles. The minimum Gasteiger partial charge on any atom is -0.396 e. The molecular weight excluding hydrogens is 204 g/mol. The zero-order chi connectivity index (χ0) is 11.4. The summed E-state index contributed by atoms with van der Waals surface area (Å²) >= 11 is 0. The topological polar surface area (TPSA) is 74.6 Å². The number of hydrogen-bond donors (Lipinski definition) is 2. The summed E-state index contributed by atoms with van der Waals surface area (Å²) in [4.78, 5) is 0. The highest BCUT2D eigenvalue weighted by Crippen LogP contribution is 2.30. The summed E-state index contributed by atoms with van der Waals surface area (Å²) in [7, 11) is -3.03. The van der Waals surface area contributed by atoms with E-state index in [1.165, 1.54) is 0 Å². The molecule has 0 aromatic heterocycles. The van der Waals surface area contributed by atoms with Crippen molar-refractivity contribution in [2.75, 3.05) is 25.2 Å². The van der Waals surface area contributed by atoms with Gasteiger partial charge in [0.25, 0.3) is 0 Å². The van der Waals surface area contributed by atoms with Gasteiger partial charge in [0.05, 0.1) is 19.0 Å². The SMILES string of the molecule is CC(C)C(CO)(CO)CCS(C)(=O)=O. The molecule has 0 fully saturated rings. The lowest BCUT2D eigenvalue weighted by Gasteiger charge is -2.33. The molecule has 14 heavy (non-hydrogen) atoms. The molecule has 2 N–H and O–H groups in total. The average molecular weight is 224 g/mol. The Morgan fingerprint density at radius 3 is 1.86 bits per heavy atom. The molecule has 0 heterocycles. The van der Waals surface area contributed by atoms with Gasteiger partial charge in [-0.2, -0.15) is 0 Å². The first-order valence-electron chi connectivity index (χ1n) is 4.67. The highest BCUT2D eigenvalue weighted by molar-refractivity contribution is 7.90. The number of aliphatic hydroxyl groups excluding tert-OH is 2. The van der Waals surface area contributed by atoms with Gasteiger partial charge < -0.3 is 10.2 Å². The first-order valence-corrected chi connectivity index (χ1v) is 6.73. The van der Waals surface area contributed by atoms with E-state index in [0.717, 1.165) is 6.26 Å². The normalized spacial score (nSPS) is 13.6. The van der Waals surface area contributed by atoms with Crippen LogP contribution < -0.4 is 0 Å². The highest BCUT2D eigenvalue weighted by atomic mass is 32.2. The lowest BCUT2D eigenvalue weighted by molar-refractivity contribution is 0.0136. The quantitative estimate of drug-likeness (QED) is 0.668. The van der Waals surface area contributed by atoms with Crippen LogP contribution in [0.15, 0.2) is 0 Å². The largest absolute Gasteiger partial charge is 0.396 e. The maximum absolute atomic E-state index is 11.0. The Bertz CT molecular complexity index is 252. The molecule has 4 nitrogen and oxygen atoms in total. The van der Waals surface area contributed by atoms with Crippen LogP contribution >= 0.6 is 0 Å². The molecule has 0 saturated carbocycles. The molecule has 0 radical (unpaired) electrons. The van der Waals surface area contributed by atoms with Crippen molar-refractivity contribution in [2.45, 2.75) is 20.3 Å².